The van der Waals surface area contributed by atoms with Crippen LogP contribution in [0.15, 0.2) is 48.7 Å². The number of rotatable bonds is 6. The number of amides is 1. The van der Waals surface area contributed by atoms with Gasteiger partial charge in [-0.25, -0.2) is 0 Å². The van der Waals surface area contributed by atoms with Crippen molar-refractivity contribution in [3.05, 3.63) is 59.9 Å². The Labute approximate surface area is 149 Å². The average Bonchev–Trinajstić information content (AvgIpc) is 3.01. The molecular weight excluding hydrogens is 314 g/mol. The zero-order valence-electron chi connectivity index (χ0n) is 14.8. The fourth-order valence-corrected chi connectivity index (χ4v) is 3.37. The van der Waals surface area contributed by atoms with Crippen molar-refractivity contribution >= 4 is 5.91 Å². The van der Waals surface area contributed by atoms with Crippen LogP contribution in [0.5, 0.6) is 5.75 Å². The van der Waals surface area contributed by atoms with Gasteiger partial charge in [0.15, 0.2) is 0 Å². The Morgan fingerprint density at radius 2 is 2.08 bits per heavy atom. The number of pyridine rings is 1. The van der Waals surface area contributed by atoms with Crippen molar-refractivity contribution in [3.63, 3.8) is 0 Å². The summed E-state index contributed by atoms with van der Waals surface area (Å²) in [4.78, 5) is 18.7. The molecule has 1 N–H and O–H groups in total. The lowest BCUT2D eigenvalue weighted by Gasteiger charge is -2.20. The quantitative estimate of drug-likeness (QED) is 0.879. The van der Waals surface area contributed by atoms with Crippen LogP contribution in [0, 0.1) is 0 Å². The lowest BCUT2D eigenvalue weighted by molar-refractivity contribution is -0.122. The normalized spacial score (nSPS) is 20.4. The van der Waals surface area contributed by atoms with Crippen LogP contribution in [-0.2, 0) is 11.3 Å². The van der Waals surface area contributed by atoms with Crippen molar-refractivity contribution in [2.45, 2.75) is 31.8 Å². The van der Waals surface area contributed by atoms with Gasteiger partial charge in [0.1, 0.15) is 5.75 Å². The summed E-state index contributed by atoms with van der Waals surface area (Å²) in [5, 5.41) is 2.96. The van der Waals surface area contributed by atoms with Crippen molar-refractivity contribution in [2.24, 2.45) is 0 Å². The van der Waals surface area contributed by atoms with E-state index in [1.54, 1.807) is 13.3 Å². The summed E-state index contributed by atoms with van der Waals surface area (Å²) in [6.45, 7) is 4.00. The van der Waals surface area contributed by atoms with Crippen LogP contribution in [-0.4, -0.2) is 42.0 Å². The van der Waals surface area contributed by atoms with Crippen LogP contribution in [0.25, 0.3) is 0 Å². The number of carbonyl (C=O) groups excluding carboxylic acids is 1. The number of carbonyl (C=O) groups is 1. The van der Waals surface area contributed by atoms with Gasteiger partial charge in [0, 0.05) is 18.8 Å². The van der Waals surface area contributed by atoms with Gasteiger partial charge in [0.2, 0.25) is 5.91 Å². The van der Waals surface area contributed by atoms with Gasteiger partial charge in [-0.3, -0.25) is 14.7 Å². The van der Waals surface area contributed by atoms with Crippen LogP contribution in [0.3, 0.4) is 0 Å². The summed E-state index contributed by atoms with van der Waals surface area (Å²) in [7, 11) is 1.68. The summed E-state index contributed by atoms with van der Waals surface area (Å²) in [5.41, 5.74) is 2.19. The maximum Gasteiger partial charge on any atom is 0.234 e. The molecule has 0 radical (unpaired) electrons. The SMILES string of the molecule is COc1ccc([C@H]2C[C@H](C)N(CC(=O)NCc3ccccn3)C2)cc1. The second kappa shape index (κ2) is 8.12. The van der Waals surface area contributed by atoms with Crippen molar-refractivity contribution in [1.29, 1.82) is 0 Å². The van der Waals surface area contributed by atoms with Gasteiger partial charge in [0.25, 0.3) is 0 Å². The highest BCUT2D eigenvalue weighted by Gasteiger charge is 2.31. The first-order chi connectivity index (χ1) is 12.2. The predicted octanol–water partition coefficient (Wildman–Crippen LogP) is 2.58. The first-order valence-electron chi connectivity index (χ1n) is 8.70. The third-order valence-corrected chi connectivity index (χ3v) is 4.83. The van der Waals surface area contributed by atoms with Gasteiger partial charge >= 0.3 is 0 Å². The van der Waals surface area contributed by atoms with Gasteiger partial charge < -0.3 is 10.1 Å². The molecule has 2 heterocycles. The number of benzene rings is 1. The van der Waals surface area contributed by atoms with E-state index in [4.69, 9.17) is 4.74 Å². The lowest BCUT2D eigenvalue weighted by atomic mass is 9.97. The topological polar surface area (TPSA) is 54.5 Å². The first kappa shape index (κ1) is 17.4. The highest BCUT2D eigenvalue weighted by atomic mass is 16.5. The smallest absolute Gasteiger partial charge is 0.234 e. The first-order valence-corrected chi connectivity index (χ1v) is 8.70. The second-order valence-electron chi connectivity index (χ2n) is 6.58. The summed E-state index contributed by atoms with van der Waals surface area (Å²) in [5.74, 6) is 1.39. The maximum atomic E-state index is 12.2. The molecule has 1 aromatic carbocycles. The molecule has 1 saturated heterocycles. The molecule has 1 aliphatic heterocycles. The Kier molecular flexibility index (Phi) is 5.66. The number of likely N-dealkylation sites (tertiary alicyclic amines) is 1. The Morgan fingerprint density at radius 3 is 2.76 bits per heavy atom. The van der Waals surface area contributed by atoms with E-state index < -0.39 is 0 Å². The summed E-state index contributed by atoms with van der Waals surface area (Å²) in [6, 6.07) is 14.4. The zero-order valence-corrected chi connectivity index (χ0v) is 14.8. The Bertz CT molecular complexity index is 688. The monoisotopic (exact) mass is 339 g/mol. The molecule has 2 atom stereocenters. The molecule has 1 aromatic heterocycles. The van der Waals surface area contributed by atoms with Crippen LogP contribution in [0.4, 0.5) is 0 Å². The minimum atomic E-state index is 0.0490. The van der Waals surface area contributed by atoms with Crippen molar-refractivity contribution < 1.29 is 9.53 Å². The minimum Gasteiger partial charge on any atom is -0.497 e. The second-order valence-corrected chi connectivity index (χ2v) is 6.58. The third kappa shape index (κ3) is 4.57. The molecule has 25 heavy (non-hydrogen) atoms. The third-order valence-electron chi connectivity index (χ3n) is 4.83. The number of nitrogens with one attached hydrogen (secondary N) is 1. The highest BCUT2D eigenvalue weighted by molar-refractivity contribution is 5.78. The molecule has 5 heteroatoms. The molecule has 1 aliphatic rings. The van der Waals surface area contributed by atoms with Crippen molar-refractivity contribution in [2.75, 3.05) is 20.2 Å². The van der Waals surface area contributed by atoms with E-state index >= 15 is 0 Å². The molecule has 132 valence electrons. The molecule has 0 spiro atoms. The molecule has 0 unspecified atom stereocenters. The molecule has 1 amide bonds. The number of aromatic nitrogens is 1. The van der Waals surface area contributed by atoms with E-state index in [2.05, 4.69) is 34.3 Å². The van der Waals surface area contributed by atoms with E-state index in [0.29, 0.717) is 25.0 Å². The van der Waals surface area contributed by atoms with Crippen molar-refractivity contribution in [3.8, 4) is 5.75 Å². The molecule has 5 nitrogen and oxygen atoms in total. The predicted molar refractivity (Wildman–Crippen MR) is 97.5 cm³/mol. The van der Waals surface area contributed by atoms with Crippen LogP contribution in [0.2, 0.25) is 0 Å². The van der Waals surface area contributed by atoms with E-state index in [-0.39, 0.29) is 5.91 Å². The lowest BCUT2D eigenvalue weighted by Crippen LogP contribution is -2.38. The number of hydrogen-bond donors (Lipinski definition) is 1. The summed E-state index contributed by atoms with van der Waals surface area (Å²) < 4.78 is 5.22. The largest absolute Gasteiger partial charge is 0.497 e. The molecular formula is C20H25N3O2. The minimum absolute atomic E-state index is 0.0490. The van der Waals surface area contributed by atoms with Crippen LogP contribution >= 0.6 is 0 Å². The van der Waals surface area contributed by atoms with E-state index in [1.165, 1.54) is 5.56 Å². The Hall–Kier alpha value is -2.40. The average molecular weight is 339 g/mol. The number of hydrogen-bond acceptors (Lipinski definition) is 4. The Morgan fingerprint density at radius 1 is 1.28 bits per heavy atom. The van der Waals surface area contributed by atoms with Crippen LogP contribution < -0.4 is 10.1 Å². The number of methoxy groups -OCH3 is 1. The number of ether oxygens (including phenoxy) is 1. The standard InChI is InChI=1S/C20H25N3O2/c1-15-11-17(16-6-8-19(25-2)9-7-16)13-23(15)14-20(24)22-12-18-5-3-4-10-21-18/h3-10,15,17H,11-14H2,1-2H3,(H,22,24)/t15-,17-/m0/s1. The summed E-state index contributed by atoms with van der Waals surface area (Å²) >= 11 is 0. The van der Waals surface area contributed by atoms with E-state index in [1.807, 2.05) is 30.3 Å². The van der Waals surface area contributed by atoms with Gasteiger partial charge in [-0.15, -0.1) is 0 Å². The molecule has 0 bridgehead atoms. The molecule has 1 fully saturated rings. The number of nitrogens with zero attached hydrogens (tertiary/aromatic N) is 2. The van der Waals surface area contributed by atoms with Gasteiger partial charge in [-0.1, -0.05) is 18.2 Å². The fraction of sp³-hybridized carbons (Fsp3) is 0.400. The zero-order chi connectivity index (χ0) is 17.6. The maximum absolute atomic E-state index is 12.2. The van der Waals surface area contributed by atoms with Crippen molar-refractivity contribution in [1.82, 2.24) is 15.2 Å². The van der Waals surface area contributed by atoms with Gasteiger partial charge in [-0.2, -0.15) is 0 Å². The molecule has 0 saturated carbocycles. The highest BCUT2D eigenvalue weighted by Crippen LogP contribution is 2.32. The molecule has 0 aliphatic carbocycles. The van der Waals surface area contributed by atoms with Gasteiger partial charge in [-0.05, 0) is 49.1 Å². The molecule has 2 aromatic rings. The van der Waals surface area contributed by atoms with Crippen LogP contribution in [0.1, 0.15) is 30.5 Å². The Balaban J connectivity index is 1.51. The van der Waals surface area contributed by atoms with E-state index in [9.17, 15) is 4.79 Å². The fourth-order valence-electron chi connectivity index (χ4n) is 3.37. The summed E-state index contributed by atoms with van der Waals surface area (Å²) in [6.07, 6.45) is 2.81. The molecule has 3 rings (SSSR count). The van der Waals surface area contributed by atoms with Gasteiger partial charge in [0.05, 0.1) is 25.9 Å². The van der Waals surface area contributed by atoms with E-state index in [0.717, 1.165) is 24.4 Å².